The molecular formula is C26H34N4O6. The van der Waals surface area contributed by atoms with Crippen molar-refractivity contribution in [2.75, 3.05) is 25.0 Å². The first-order valence-electron chi connectivity index (χ1n) is 12.6. The van der Waals surface area contributed by atoms with Crippen LogP contribution >= 0.6 is 0 Å². The number of fused-ring (bicyclic) bond motifs is 1. The van der Waals surface area contributed by atoms with E-state index in [1.165, 1.54) is 4.90 Å². The molecule has 10 nitrogen and oxygen atoms in total. The molecule has 1 saturated carbocycles. The quantitative estimate of drug-likeness (QED) is 0.401. The fourth-order valence-electron chi connectivity index (χ4n) is 6.63. The van der Waals surface area contributed by atoms with Crippen LogP contribution in [0.1, 0.15) is 44.1 Å². The van der Waals surface area contributed by atoms with E-state index in [9.17, 15) is 29.1 Å². The Hall–Kier alpha value is -3.27. The lowest BCUT2D eigenvalue weighted by Gasteiger charge is -2.45. The molecule has 5 N–H and O–H groups in total. The zero-order valence-corrected chi connectivity index (χ0v) is 20.5. The number of benzene rings is 1. The summed E-state index contributed by atoms with van der Waals surface area (Å²) in [5, 5.41) is 15.3. The largest absolute Gasteiger partial charge is 0.389 e. The number of piperidine rings is 1. The van der Waals surface area contributed by atoms with Gasteiger partial charge in [0.25, 0.3) is 0 Å². The number of likely N-dealkylation sites (tertiary alicyclic amines) is 1. The van der Waals surface area contributed by atoms with Crippen molar-refractivity contribution >= 4 is 35.1 Å². The number of hydrogen-bond donors (Lipinski definition) is 4. The van der Waals surface area contributed by atoms with Gasteiger partial charge >= 0.3 is 11.8 Å². The first-order chi connectivity index (χ1) is 17.2. The number of amides is 4. The van der Waals surface area contributed by atoms with Crippen molar-refractivity contribution in [1.82, 2.24) is 10.2 Å². The summed E-state index contributed by atoms with van der Waals surface area (Å²) in [4.78, 5) is 67.1. The highest BCUT2D eigenvalue weighted by atomic mass is 16.3. The zero-order valence-electron chi connectivity index (χ0n) is 20.5. The van der Waals surface area contributed by atoms with Crippen LogP contribution in [0.2, 0.25) is 0 Å². The maximum Gasteiger partial charge on any atom is 0.313 e. The van der Waals surface area contributed by atoms with Gasteiger partial charge in [-0.25, -0.2) is 0 Å². The SMILES string of the molecule is Cc1ccccc1NC(=O)C(=O)N1CC2CCCC2C1(C(N)=O)[C@@H](C[C@@H]1CCCNC1=O)C(=O)CO. The van der Waals surface area contributed by atoms with Crippen molar-refractivity contribution in [1.29, 1.82) is 0 Å². The highest BCUT2D eigenvalue weighted by molar-refractivity contribution is 6.40. The van der Waals surface area contributed by atoms with Gasteiger partial charge in [0.05, 0.1) is 5.92 Å². The molecule has 3 aliphatic rings. The number of nitrogens with zero attached hydrogens (tertiary/aromatic N) is 1. The van der Waals surface area contributed by atoms with Crippen LogP contribution < -0.4 is 16.4 Å². The monoisotopic (exact) mass is 498 g/mol. The summed E-state index contributed by atoms with van der Waals surface area (Å²) in [6.45, 7) is 1.57. The Bertz CT molecular complexity index is 1070. The average Bonchev–Trinajstić information content (AvgIpc) is 3.45. The number of ketones is 1. The molecule has 4 rings (SSSR count). The van der Waals surface area contributed by atoms with E-state index < -0.39 is 53.4 Å². The van der Waals surface area contributed by atoms with E-state index in [1.54, 1.807) is 31.2 Å². The van der Waals surface area contributed by atoms with Crippen LogP contribution in [0.4, 0.5) is 5.69 Å². The van der Waals surface area contributed by atoms with Gasteiger partial charge in [0, 0.05) is 24.7 Å². The van der Waals surface area contributed by atoms with E-state index in [0.29, 0.717) is 31.5 Å². The van der Waals surface area contributed by atoms with Crippen molar-refractivity contribution in [2.45, 2.75) is 51.0 Å². The maximum atomic E-state index is 13.6. The minimum absolute atomic E-state index is 0.0272. The second-order valence-corrected chi connectivity index (χ2v) is 10.2. The standard InChI is InChI=1S/C26H34N4O6/c1-15-6-2-3-10-20(15)29-23(34)24(35)30-13-17-7-4-9-18(17)26(30,25(27)36)19(21(32)14-31)12-16-8-5-11-28-22(16)33/h2-3,6,10,16-19,31H,4-5,7-9,11-14H2,1H3,(H2,27,36)(H,28,33)(H,29,34)/t16-,17?,18?,19-,26?/m0/s1. The first kappa shape index (κ1) is 25.8. The summed E-state index contributed by atoms with van der Waals surface area (Å²) in [7, 11) is 0. The fraction of sp³-hybridized carbons (Fsp3) is 0.577. The summed E-state index contributed by atoms with van der Waals surface area (Å²) >= 11 is 0. The molecule has 1 aromatic rings. The third kappa shape index (κ3) is 4.38. The number of aliphatic hydroxyl groups excluding tert-OH is 1. The van der Waals surface area contributed by atoms with Crippen LogP contribution in [0.25, 0.3) is 0 Å². The number of Topliss-reactive ketones (excluding diaryl/α,β-unsaturated/α-hetero) is 1. The molecule has 0 bridgehead atoms. The van der Waals surface area contributed by atoms with Gasteiger partial charge in [-0.05, 0) is 62.5 Å². The summed E-state index contributed by atoms with van der Waals surface area (Å²) in [5.74, 6) is -5.94. The van der Waals surface area contributed by atoms with Crippen molar-refractivity contribution in [2.24, 2.45) is 29.4 Å². The fourth-order valence-corrected chi connectivity index (χ4v) is 6.63. The summed E-state index contributed by atoms with van der Waals surface area (Å²) in [5.41, 5.74) is 5.45. The Morgan fingerprint density at radius 2 is 1.94 bits per heavy atom. The highest BCUT2D eigenvalue weighted by Gasteiger charge is 2.66. The second-order valence-electron chi connectivity index (χ2n) is 10.2. The van der Waals surface area contributed by atoms with Crippen LogP contribution in [0, 0.1) is 30.6 Å². The minimum atomic E-state index is -1.79. The number of aryl methyl sites for hydroxylation is 1. The molecule has 2 aliphatic heterocycles. The maximum absolute atomic E-state index is 13.6. The van der Waals surface area contributed by atoms with Crippen molar-refractivity contribution in [3.05, 3.63) is 29.8 Å². The molecule has 10 heteroatoms. The normalized spacial score (nSPS) is 28.2. The molecule has 1 aromatic carbocycles. The lowest BCUT2D eigenvalue weighted by Crippen LogP contribution is -2.67. The molecule has 0 aromatic heterocycles. The third-order valence-corrected chi connectivity index (χ3v) is 8.31. The number of aliphatic hydroxyl groups is 1. The number of rotatable bonds is 7. The third-order valence-electron chi connectivity index (χ3n) is 8.31. The average molecular weight is 499 g/mol. The molecular weight excluding hydrogens is 464 g/mol. The predicted octanol–water partition coefficient (Wildman–Crippen LogP) is 0.510. The van der Waals surface area contributed by atoms with E-state index in [0.717, 1.165) is 18.4 Å². The van der Waals surface area contributed by atoms with Crippen molar-refractivity contribution < 1.29 is 29.1 Å². The number of primary amides is 1. The molecule has 4 amide bonds. The van der Waals surface area contributed by atoms with Gasteiger partial charge in [-0.1, -0.05) is 24.6 Å². The lowest BCUT2D eigenvalue weighted by atomic mass is 9.66. The van der Waals surface area contributed by atoms with E-state index in [-0.39, 0.29) is 24.8 Å². The van der Waals surface area contributed by atoms with Crippen LogP contribution in [0.5, 0.6) is 0 Å². The minimum Gasteiger partial charge on any atom is -0.389 e. The number of hydrogen-bond acceptors (Lipinski definition) is 6. The van der Waals surface area contributed by atoms with Gasteiger partial charge < -0.3 is 26.4 Å². The molecule has 3 fully saturated rings. The van der Waals surface area contributed by atoms with Crippen molar-refractivity contribution in [3.8, 4) is 0 Å². The Morgan fingerprint density at radius 3 is 2.61 bits per heavy atom. The summed E-state index contributed by atoms with van der Waals surface area (Å²) in [6, 6.07) is 6.99. The van der Waals surface area contributed by atoms with Gasteiger partial charge in [-0.3, -0.25) is 24.0 Å². The molecule has 2 heterocycles. The predicted molar refractivity (Wildman–Crippen MR) is 130 cm³/mol. The number of carbonyl (C=O) groups excluding carboxylic acids is 5. The van der Waals surface area contributed by atoms with Gasteiger partial charge in [-0.15, -0.1) is 0 Å². The van der Waals surface area contributed by atoms with E-state index in [2.05, 4.69) is 10.6 Å². The zero-order chi connectivity index (χ0) is 26.0. The molecule has 0 radical (unpaired) electrons. The molecule has 0 spiro atoms. The van der Waals surface area contributed by atoms with Gasteiger partial charge in [0.2, 0.25) is 11.8 Å². The Kier molecular flexibility index (Phi) is 7.44. The second kappa shape index (κ2) is 10.4. The Labute approximate surface area is 210 Å². The number of anilines is 1. The Morgan fingerprint density at radius 1 is 1.19 bits per heavy atom. The van der Waals surface area contributed by atoms with Crippen LogP contribution in [0.15, 0.2) is 24.3 Å². The Balaban J connectivity index is 1.74. The van der Waals surface area contributed by atoms with Crippen LogP contribution in [0.3, 0.4) is 0 Å². The van der Waals surface area contributed by atoms with Gasteiger partial charge in [0.1, 0.15) is 12.1 Å². The van der Waals surface area contributed by atoms with Gasteiger partial charge in [0.15, 0.2) is 5.78 Å². The lowest BCUT2D eigenvalue weighted by molar-refractivity contribution is -0.158. The first-order valence-corrected chi connectivity index (χ1v) is 12.6. The number of para-hydroxylation sites is 1. The van der Waals surface area contributed by atoms with Crippen LogP contribution in [-0.4, -0.2) is 64.7 Å². The topological polar surface area (TPSA) is 159 Å². The van der Waals surface area contributed by atoms with Crippen LogP contribution in [-0.2, 0) is 24.0 Å². The smallest absolute Gasteiger partial charge is 0.313 e. The molecule has 3 unspecified atom stereocenters. The number of nitrogens with one attached hydrogen (secondary N) is 2. The van der Waals surface area contributed by atoms with E-state index in [4.69, 9.17) is 5.73 Å². The number of nitrogens with two attached hydrogens (primary N) is 1. The summed E-state index contributed by atoms with van der Waals surface area (Å²) in [6.07, 6.45) is 3.29. The number of carbonyl (C=O) groups is 5. The molecule has 36 heavy (non-hydrogen) atoms. The summed E-state index contributed by atoms with van der Waals surface area (Å²) < 4.78 is 0. The molecule has 2 saturated heterocycles. The van der Waals surface area contributed by atoms with Gasteiger partial charge in [-0.2, -0.15) is 0 Å². The molecule has 5 atom stereocenters. The van der Waals surface area contributed by atoms with E-state index >= 15 is 0 Å². The van der Waals surface area contributed by atoms with Crippen molar-refractivity contribution in [3.63, 3.8) is 0 Å². The van der Waals surface area contributed by atoms with E-state index in [1.807, 2.05) is 0 Å². The highest BCUT2D eigenvalue weighted by Crippen LogP contribution is 2.53. The molecule has 1 aliphatic carbocycles. The molecule has 194 valence electrons.